The number of hydrogen-bond donors (Lipinski definition) is 0. The number of aryl methyl sites for hydroxylation is 1. The van der Waals surface area contributed by atoms with E-state index in [1.165, 1.54) is 12.0 Å². The molecular formula is C16H22O2. The van der Waals surface area contributed by atoms with E-state index >= 15 is 0 Å². The second-order valence-electron chi connectivity index (χ2n) is 5.08. The molecule has 2 rings (SSSR count). The first-order chi connectivity index (χ1) is 8.78. The molecule has 1 aromatic rings. The van der Waals surface area contributed by atoms with Crippen molar-refractivity contribution in [1.82, 2.24) is 0 Å². The van der Waals surface area contributed by atoms with Crippen LogP contribution in [0, 0.1) is 0 Å². The highest BCUT2D eigenvalue weighted by molar-refractivity contribution is 5.81. The Hall–Kier alpha value is -1.15. The van der Waals surface area contributed by atoms with Gasteiger partial charge in [0.25, 0.3) is 0 Å². The number of carbonyl (C=O) groups excluding carboxylic acids is 1. The molecule has 1 aromatic carbocycles. The standard InChI is InChI=1S/C16H22O2/c1-2-13-6-8-14(9-7-13)11-15(17)12-16-5-3-4-10-18-16/h6-9,16H,2-5,10-12H2,1H3. The molecule has 0 aromatic heterocycles. The average molecular weight is 246 g/mol. The summed E-state index contributed by atoms with van der Waals surface area (Å²) in [5, 5.41) is 0. The van der Waals surface area contributed by atoms with Gasteiger partial charge in [0.05, 0.1) is 6.10 Å². The summed E-state index contributed by atoms with van der Waals surface area (Å²) >= 11 is 0. The van der Waals surface area contributed by atoms with Gasteiger partial charge >= 0.3 is 0 Å². The van der Waals surface area contributed by atoms with Gasteiger partial charge in [-0.15, -0.1) is 0 Å². The summed E-state index contributed by atoms with van der Waals surface area (Å²) in [6, 6.07) is 8.36. The molecule has 1 atom stereocenters. The van der Waals surface area contributed by atoms with Crippen molar-refractivity contribution in [2.24, 2.45) is 0 Å². The van der Waals surface area contributed by atoms with E-state index in [9.17, 15) is 4.79 Å². The zero-order valence-electron chi connectivity index (χ0n) is 11.2. The Labute approximate surface area is 109 Å². The predicted molar refractivity (Wildman–Crippen MR) is 72.7 cm³/mol. The summed E-state index contributed by atoms with van der Waals surface area (Å²) in [7, 11) is 0. The Morgan fingerprint density at radius 1 is 1.22 bits per heavy atom. The quantitative estimate of drug-likeness (QED) is 0.796. The minimum absolute atomic E-state index is 0.168. The monoisotopic (exact) mass is 246 g/mol. The second kappa shape index (κ2) is 6.69. The van der Waals surface area contributed by atoms with Crippen LogP contribution in [0.2, 0.25) is 0 Å². The molecule has 0 aliphatic carbocycles. The number of benzene rings is 1. The van der Waals surface area contributed by atoms with E-state index in [1.807, 2.05) is 0 Å². The number of rotatable bonds is 5. The van der Waals surface area contributed by atoms with Crippen LogP contribution in [0.25, 0.3) is 0 Å². The second-order valence-corrected chi connectivity index (χ2v) is 5.08. The van der Waals surface area contributed by atoms with E-state index in [1.54, 1.807) is 0 Å². The number of hydrogen-bond acceptors (Lipinski definition) is 2. The van der Waals surface area contributed by atoms with Crippen molar-refractivity contribution in [3.8, 4) is 0 Å². The number of Topliss-reactive ketones (excluding diaryl/α,β-unsaturated/α-hetero) is 1. The molecule has 0 amide bonds. The zero-order chi connectivity index (χ0) is 12.8. The van der Waals surface area contributed by atoms with Gasteiger partial charge in [0, 0.05) is 19.4 Å². The molecule has 0 N–H and O–H groups in total. The third kappa shape index (κ3) is 3.95. The molecule has 1 heterocycles. The minimum Gasteiger partial charge on any atom is -0.378 e. The Morgan fingerprint density at radius 2 is 1.94 bits per heavy atom. The van der Waals surface area contributed by atoms with E-state index in [0.717, 1.165) is 31.4 Å². The maximum atomic E-state index is 12.0. The van der Waals surface area contributed by atoms with E-state index in [0.29, 0.717) is 18.6 Å². The van der Waals surface area contributed by atoms with E-state index in [-0.39, 0.29) is 6.10 Å². The van der Waals surface area contributed by atoms with Crippen molar-refractivity contribution in [2.75, 3.05) is 6.61 Å². The topological polar surface area (TPSA) is 26.3 Å². The van der Waals surface area contributed by atoms with Crippen LogP contribution in [0.5, 0.6) is 0 Å². The van der Waals surface area contributed by atoms with Gasteiger partial charge in [-0.1, -0.05) is 31.2 Å². The van der Waals surface area contributed by atoms with Crippen LogP contribution in [-0.4, -0.2) is 18.5 Å². The maximum absolute atomic E-state index is 12.0. The highest BCUT2D eigenvalue weighted by Gasteiger charge is 2.17. The van der Waals surface area contributed by atoms with Crippen molar-refractivity contribution in [1.29, 1.82) is 0 Å². The lowest BCUT2D eigenvalue weighted by Crippen LogP contribution is -2.23. The van der Waals surface area contributed by atoms with Crippen LogP contribution in [0.1, 0.15) is 43.7 Å². The fourth-order valence-corrected chi connectivity index (χ4v) is 2.41. The third-order valence-electron chi connectivity index (χ3n) is 3.56. The van der Waals surface area contributed by atoms with Crippen LogP contribution in [0.4, 0.5) is 0 Å². The molecule has 2 nitrogen and oxygen atoms in total. The predicted octanol–water partition coefficient (Wildman–Crippen LogP) is 3.32. The largest absolute Gasteiger partial charge is 0.378 e. The van der Waals surface area contributed by atoms with Crippen molar-refractivity contribution in [3.05, 3.63) is 35.4 Å². The van der Waals surface area contributed by atoms with E-state index < -0.39 is 0 Å². The Kier molecular flexibility index (Phi) is 4.94. The number of ether oxygens (including phenoxy) is 1. The normalized spacial score (nSPS) is 19.7. The van der Waals surface area contributed by atoms with Gasteiger partial charge in [-0.2, -0.15) is 0 Å². The lowest BCUT2D eigenvalue weighted by molar-refractivity contribution is -0.122. The first-order valence-corrected chi connectivity index (χ1v) is 6.99. The van der Waals surface area contributed by atoms with Gasteiger partial charge in [0.15, 0.2) is 0 Å². The van der Waals surface area contributed by atoms with Crippen LogP contribution < -0.4 is 0 Å². The molecule has 0 saturated carbocycles. The van der Waals surface area contributed by atoms with Gasteiger partial charge in [0.2, 0.25) is 0 Å². The van der Waals surface area contributed by atoms with E-state index in [4.69, 9.17) is 4.74 Å². The van der Waals surface area contributed by atoms with Crippen molar-refractivity contribution < 1.29 is 9.53 Å². The Bertz CT molecular complexity index is 375. The van der Waals surface area contributed by atoms with Gasteiger partial charge < -0.3 is 4.74 Å². The van der Waals surface area contributed by atoms with Gasteiger partial charge in [-0.25, -0.2) is 0 Å². The first-order valence-electron chi connectivity index (χ1n) is 6.99. The SMILES string of the molecule is CCc1ccc(CC(=O)CC2CCCCO2)cc1. The highest BCUT2D eigenvalue weighted by atomic mass is 16.5. The summed E-state index contributed by atoms with van der Waals surface area (Å²) in [6.07, 6.45) is 5.72. The molecule has 18 heavy (non-hydrogen) atoms. The smallest absolute Gasteiger partial charge is 0.139 e. The minimum atomic E-state index is 0.168. The molecule has 1 saturated heterocycles. The first kappa shape index (κ1) is 13.3. The van der Waals surface area contributed by atoms with Gasteiger partial charge in [0.1, 0.15) is 5.78 Å². The highest BCUT2D eigenvalue weighted by Crippen LogP contribution is 2.17. The van der Waals surface area contributed by atoms with Crippen LogP contribution in [0.15, 0.2) is 24.3 Å². The molecule has 0 spiro atoms. The average Bonchev–Trinajstić information content (AvgIpc) is 2.40. The Balaban J connectivity index is 1.82. The van der Waals surface area contributed by atoms with Crippen LogP contribution >= 0.6 is 0 Å². The lowest BCUT2D eigenvalue weighted by atomic mass is 9.99. The number of carbonyl (C=O) groups is 1. The van der Waals surface area contributed by atoms with Crippen molar-refractivity contribution in [3.63, 3.8) is 0 Å². The van der Waals surface area contributed by atoms with Gasteiger partial charge in [-0.05, 0) is 36.8 Å². The van der Waals surface area contributed by atoms with Gasteiger partial charge in [-0.3, -0.25) is 4.79 Å². The molecule has 1 unspecified atom stereocenters. The molecule has 0 bridgehead atoms. The molecule has 1 aliphatic heterocycles. The summed E-state index contributed by atoms with van der Waals surface area (Å²) in [6.45, 7) is 2.96. The molecule has 0 radical (unpaired) electrons. The summed E-state index contributed by atoms with van der Waals surface area (Å²) in [5.74, 6) is 0.297. The zero-order valence-corrected chi connectivity index (χ0v) is 11.2. The van der Waals surface area contributed by atoms with Crippen LogP contribution in [0.3, 0.4) is 0 Å². The molecular weight excluding hydrogens is 224 g/mol. The Morgan fingerprint density at radius 3 is 2.56 bits per heavy atom. The summed E-state index contributed by atoms with van der Waals surface area (Å²) < 4.78 is 5.60. The molecule has 98 valence electrons. The van der Waals surface area contributed by atoms with Crippen LogP contribution in [-0.2, 0) is 22.4 Å². The fraction of sp³-hybridized carbons (Fsp3) is 0.562. The van der Waals surface area contributed by atoms with E-state index in [2.05, 4.69) is 31.2 Å². The summed E-state index contributed by atoms with van der Waals surface area (Å²) in [5.41, 5.74) is 2.44. The molecule has 1 fully saturated rings. The lowest BCUT2D eigenvalue weighted by Gasteiger charge is -2.21. The molecule has 1 aliphatic rings. The van der Waals surface area contributed by atoms with Crippen molar-refractivity contribution in [2.45, 2.75) is 51.6 Å². The molecule has 2 heteroatoms. The maximum Gasteiger partial charge on any atom is 0.139 e. The third-order valence-corrected chi connectivity index (χ3v) is 3.56. The summed E-state index contributed by atoms with van der Waals surface area (Å²) in [4.78, 5) is 12.0. The fourth-order valence-electron chi connectivity index (χ4n) is 2.41. The van der Waals surface area contributed by atoms with Crippen molar-refractivity contribution >= 4 is 5.78 Å². The number of ketones is 1.